The molecule has 1 aliphatic carbocycles. The van der Waals surface area contributed by atoms with E-state index < -0.39 is 11.7 Å². The Morgan fingerprint density at radius 2 is 1.88 bits per heavy atom. The van der Waals surface area contributed by atoms with E-state index in [1.807, 2.05) is 29.2 Å². The summed E-state index contributed by atoms with van der Waals surface area (Å²) < 4.78 is 19.6. The first kappa shape index (κ1) is 21.6. The lowest BCUT2D eigenvalue weighted by molar-refractivity contribution is -0.134. The molecule has 1 fully saturated rings. The van der Waals surface area contributed by atoms with Gasteiger partial charge in [0.1, 0.15) is 18.1 Å². The molecular weight excluding hydrogens is 439 g/mol. The van der Waals surface area contributed by atoms with E-state index in [4.69, 9.17) is 4.74 Å². The van der Waals surface area contributed by atoms with E-state index in [-0.39, 0.29) is 30.1 Å². The van der Waals surface area contributed by atoms with E-state index in [1.165, 1.54) is 17.0 Å². The molecule has 1 unspecified atom stereocenters. The van der Waals surface area contributed by atoms with Crippen LogP contribution in [0.5, 0.6) is 5.75 Å². The Balaban J connectivity index is 1.43. The van der Waals surface area contributed by atoms with Crippen LogP contribution in [0.15, 0.2) is 60.0 Å². The van der Waals surface area contributed by atoms with Gasteiger partial charge in [0.2, 0.25) is 5.91 Å². The number of rotatable bonds is 6. The van der Waals surface area contributed by atoms with Gasteiger partial charge in [0.25, 0.3) is 5.91 Å². The number of carbonyl (C=O) groups excluding carboxylic acids is 2. The molecular formula is C26H25FN2O3S. The number of amides is 2. The van der Waals surface area contributed by atoms with Crippen LogP contribution in [0.4, 0.5) is 4.39 Å². The first-order valence-electron chi connectivity index (χ1n) is 11.1. The van der Waals surface area contributed by atoms with Gasteiger partial charge in [-0.3, -0.25) is 9.59 Å². The highest BCUT2D eigenvalue weighted by Crippen LogP contribution is 2.39. The van der Waals surface area contributed by atoms with E-state index in [2.05, 4.69) is 11.4 Å². The van der Waals surface area contributed by atoms with E-state index in [1.54, 1.807) is 35.5 Å². The smallest absolute Gasteiger partial charge is 0.257 e. The molecule has 0 saturated heterocycles. The van der Waals surface area contributed by atoms with Crippen molar-refractivity contribution in [3.63, 3.8) is 0 Å². The van der Waals surface area contributed by atoms with Gasteiger partial charge in [-0.25, -0.2) is 4.39 Å². The van der Waals surface area contributed by atoms with Crippen molar-refractivity contribution < 1.29 is 18.7 Å². The van der Waals surface area contributed by atoms with Crippen LogP contribution in [-0.2, 0) is 11.2 Å². The number of halogens is 1. The molecule has 5 rings (SSSR count). The molecule has 0 bridgehead atoms. The summed E-state index contributed by atoms with van der Waals surface area (Å²) in [5, 5.41) is 2.06. The van der Waals surface area contributed by atoms with Crippen molar-refractivity contribution in [2.45, 2.75) is 31.3 Å². The molecule has 1 saturated carbocycles. The Bertz CT molecular complexity index is 1170. The molecule has 0 radical (unpaired) electrons. The molecule has 2 aromatic carbocycles. The molecule has 2 heterocycles. The Labute approximate surface area is 196 Å². The van der Waals surface area contributed by atoms with E-state index in [0.717, 1.165) is 36.1 Å². The van der Waals surface area contributed by atoms with Crippen LogP contribution in [0.3, 0.4) is 0 Å². The van der Waals surface area contributed by atoms with Gasteiger partial charge in [0.05, 0.1) is 18.7 Å². The molecule has 7 heteroatoms. The van der Waals surface area contributed by atoms with Gasteiger partial charge in [-0.15, -0.1) is 11.3 Å². The zero-order chi connectivity index (χ0) is 22.9. The van der Waals surface area contributed by atoms with Crippen LogP contribution in [0.25, 0.3) is 0 Å². The SMILES string of the molecule is COc1ccc(C2c3ccsc3CCN2C(=O)CN(C(=O)c2ccccc2F)C2CC2)cc1. The van der Waals surface area contributed by atoms with Gasteiger partial charge in [-0.2, -0.15) is 0 Å². The Kier molecular flexibility index (Phi) is 5.89. The third kappa shape index (κ3) is 4.25. The lowest BCUT2D eigenvalue weighted by atomic mass is 9.93. The maximum Gasteiger partial charge on any atom is 0.257 e. The maximum atomic E-state index is 14.3. The highest BCUT2D eigenvalue weighted by Gasteiger charge is 2.39. The van der Waals surface area contributed by atoms with Crippen molar-refractivity contribution in [1.82, 2.24) is 9.80 Å². The fourth-order valence-corrected chi connectivity index (χ4v) is 5.41. The van der Waals surface area contributed by atoms with Crippen molar-refractivity contribution in [2.24, 2.45) is 0 Å². The number of carbonyl (C=O) groups is 2. The number of thiophene rings is 1. The number of methoxy groups -OCH3 is 1. The van der Waals surface area contributed by atoms with E-state index in [0.29, 0.717) is 6.54 Å². The van der Waals surface area contributed by atoms with Crippen molar-refractivity contribution >= 4 is 23.2 Å². The molecule has 5 nitrogen and oxygen atoms in total. The topological polar surface area (TPSA) is 49.9 Å². The van der Waals surface area contributed by atoms with Crippen molar-refractivity contribution in [2.75, 3.05) is 20.2 Å². The minimum absolute atomic E-state index is 0.0120. The average Bonchev–Trinajstić information content (AvgIpc) is 3.57. The van der Waals surface area contributed by atoms with Gasteiger partial charge in [-0.1, -0.05) is 24.3 Å². The third-order valence-corrected chi connectivity index (χ3v) is 7.37. The summed E-state index contributed by atoms with van der Waals surface area (Å²) in [4.78, 5) is 31.5. The third-order valence-electron chi connectivity index (χ3n) is 6.38. The average molecular weight is 465 g/mol. The van der Waals surface area contributed by atoms with E-state index in [9.17, 15) is 14.0 Å². The monoisotopic (exact) mass is 464 g/mol. The molecule has 2 aliphatic rings. The molecule has 2 amide bonds. The van der Waals surface area contributed by atoms with Crippen LogP contribution in [0, 0.1) is 5.82 Å². The van der Waals surface area contributed by atoms with Crippen molar-refractivity contribution in [3.8, 4) is 5.75 Å². The van der Waals surface area contributed by atoms with Crippen molar-refractivity contribution in [3.05, 3.63) is 87.4 Å². The summed E-state index contributed by atoms with van der Waals surface area (Å²) in [6.45, 7) is 0.527. The summed E-state index contributed by atoms with van der Waals surface area (Å²) in [5.74, 6) is -0.339. The number of ether oxygens (including phenoxy) is 1. The molecule has 1 atom stereocenters. The van der Waals surface area contributed by atoms with Gasteiger partial charge < -0.3 is 14.5 Å². The molecule has 1 aliphatic heterocycles. The predicted molar refractivity (Wildman–Crippen MR) is 125 cm³/mol. The van der Waals surface area contributed by atoms with E-state index >= 15 is 0 Å². The summed E-state index contributed by atoms with van der Waals surface area (Å²) in [6, 6.07) is 15.6. The van der Waals surface area contributed by atoms with Crippen LogP contribution >= 0.6 is 11.3 Å². The molecule has 1 aromatic heterocycles. The maximum absolute atomic E-state index is 14.3. The second-order valence-corrected chi connectivity index (χ2v) is 9.46. The fourth-order valence-electron chi connectivity index (χ4n) is 4.51. The molecule has 0 spiro atoms. The van der Waals surface area contributed by atoms with Crippen LogP contribution < -0.4 is 4.74 Å². The van der Waals surface area contributed by atoms with Gasteiger partial charge in [0.15, 0.2) is 0 Å². The van der Waals surface area contributed by atoms with Gasteiger partial charge in [0, 0.05) is 17.5 Å². The fraction of sp³-hybridized carbons (Fsp3) is 0.308. The summed E-state index contributed by atoms with van der Waals surface area (Å²) in [6.07, 6.45) is 2.46. The Morgan fingerprint density at radius 1 is 1.12 bits per heavy atom. The highest BCUT2D eigenvalue weighted by molar-refractivity contribution is 7.10. The second-order valence-electron chi connectivity index (χ2n) is 8.46. The normalized spacial score (nSPS) is 17.4. The molecule has 170 valence electrons. The Morgan fingerprint density at radius 3 is 2.58 bits per heavy atom. The molecule has 33 heavy (non-hydrogen) atoms. The zero-order valence-corrected chi connectivity index (χ0v) is 19.2. The first-order chi connectivity index (χ1) is 16.1. The van der Waals surface area contributed by atoms with Gasteiger partial charge >= 0.3 is 0 Å². The number of benzene rings is 2. The number of hydrogen-bond donors (Lipinski definition) is 0. The van der Waals surface area contributed by atoms with Crippen LogP contribution in [0.2, 0.25) is 0 Å². The van der Waals surface area contributed by atoms with Crippen LogP contribution in [-0.4, -0.2) is 47.9 Å². The van der Waals surface area contributed by atoms with Gasteiger partial charge in [-0.05, 0) is 66.1 Å². The lowest BCUT2D eigenvalue weighted by Gasteiger charge is -2.37. The standard InChI is InChI=1S/C26H25FN2O3S/c1-32-19-10-6-17(7-11-19)25-21-13-15-33-23(21)12-14-28(25)24(30)16-29(18-8-9-18)26(31)20-4-2-3-5-22(20)27/h2-7,10-11,13,15,18,25H,8-9,12,14,16H2,1H3. The lowest BCUT2D eigenvalue weighted by Crippen LogP contribution is -2.47. The summed E-state index contributed by atoms with van der Waals surface area (Å²) in [5.41, 5.74) is 2.15. The minimum atomic E-state index is -0.558. The molecule has 3 aromatic rings. The summed E-state index contributed by atoms with van der Waals surface area (Å²) in [7, 11) is 1.63. The summed E-state index contributed by atoms with van der Waals surface area (Å²) >= 11 is 1.71. The first-order valence-corrected chi connectivity index (χ1v) is 12.0. The van der Waals surface area contributed by atoms with Crippen molar-refractivity contribution in [1.29, 1.82) is 0 Å². The predicted octanol–water partition coefficient (Wildman–Crippen LogP) is 4.67. The van der Waals surface area contributed by atoms with Crippen LogP contribution in [0.1, 0.15) is 45.2 Å². The highest BCUT2D eigenvalue weighted by atomic mass is 32.1. The zero-order valence-electron chi connectivity index (χ0n) is 18.4. The Hall–Kier alpha value is -3.19. The second kappa shape index (κ2) is 8.98. The number of hydrogen-bond acceptors (Lipinski definition) is 4. The number of nitrogens with zero attached hydrogens (tertiary/aromatic N) is 2. The minimum Gasteiger partial charge on any atom is -0.497 e. The molecule has 0 N–H and O–H groups in total. The largest absolute Gasteiger partial charge is 0.497 e. The quantitative estimate of drug-likeness (QED) is 0.533. The number of fused-ring (bicyclic) bond motifs is 1.